The van der Waals surface area contributed by atoms with Crippen LogP contribution in [-0.2, 0) is 17.9 Å². The lowest BCUT2D eigenvalue weighted by Crippen LogP contribution is -2.18. The van der Waals surface area contributed by atoms with Gasteiger partial charge in [0.25, 0.3) is 0 Å². The van der Waals surface area contributed by atoms with Gasteiger partial charge in [-0.1, -0.05) is 33.1 Å². The lowest BCUT2D eigenvalue weighted by molar-refractivity contribution is 0.0966. The number of hydrogen-bond donors (Lipinski definition) is 1. The van der Waals surface area contributed by atoms with E-state index in [4.69, 9.17) is 4.74 Å². The molecule has 0 aromatic carbocycles. The molecule has 2 rings (SSSR count). The van der Waals surface area contributed by atoms with Crippen LogP contribution in [0.5, 0.6) is 0 Å². The van der Waals surface area contributed by atoms with Crippen LogP contribution < -0.4 is 5.32 Å². The van der Waals surface area contributed by atoms with Gasteiger partial charge in [0.05, 0.1) is 6.61 Å². The molecule has 0 atom stereocenters. The van der Waals surface area contributed by atoms with Gasteiger partial charge in [0, 0.05) is 22.9 Å². The third-order valence-electron chi connectivity index (χ3n) is 3.71. The molecule has 1 aromatic heterocycles. The zero-order chi connectivity index (χ0) is 13.5. The SMILES string of the molecule is CC(C)CNCc1ccc(COCCC2CCC2)s1. The second-order valence-electron chi connectivity index (χ2n) is 6.03. The van der Waals surface area contributed by atoms with Crippen molar-refractivity contribution in [2.75, 3.05) is 13.2 Å². The van der Waals surface area contributed by atoms with Crippen molar-refractivity contribution in [3.8, 4) is 0 Å². The van der Waals surface area contributed by atoms with E-state index < -0.39 is 0 Å². The summed E-state index contributed by atoms with van der Waals surface area (Å²) in [4.78, 5) is 2.77. The van der Waals surface area contributed by atoms with Gasteiger partial charge >= 0.3 is 0 Å². The molecule has 1 N–H and O–H groups in total. The first-order chi connectivity index (χ1) is 9.24. The zero-order valence-corrected chi connectivity index (χ0v) is 13.1. The third kappa shape index (κ3) is 5.64. The lowest BCUT2D eigenvalue weighted by Gasteiger charge is -2.24. The zero-order valence-electron chi connectivity index (χ0n) is 12.3. The first kappa shape index (κ1) is 15.0. The summed E-state index contributed by atoms with van der Waals surface area (Å²) in [7, 11) is 0. The molecule has 0 aliphatic heterocycles. The van der Waals surface area contributed by atoms with Crippen LogP contribution in [-0.4, -0.2) is 13.2 Å². The van der Waals surface area contributed by atoms with Gasteiger partial charge in [-0.05, 0) is 36.9 Å². The van der Waals surface area contributed by atoms with Gasteiger partial charge in [-0.15, -0.1) is 11.3 Å². The third-order valence-corrected chi connectivity index (χ3v) is 4.77. The largest absolute Gasteiger partial charge is 0.376 e. The van der Waals surface area contributed by atoms with E-state index >= 15 is 0 Å². The van der Waals surface area contributed by atoms with Crippen LogP contribution in [0.3, 0.4) is 0 Å². The molecule has 1 aliphatic rings. The second kappa shape index (κ2) is 8.03. The first-order valence-electron chi connectivity index (χ1n) is 7.60. The minimum Gasteiger partial charge on any atom is -0.376 e. The maximum absolute atomic E-state index is 5.77. The summed E-state index contributed by atoms with van der Waals surface area (Å²) >= 11 is 1.88. The highest BCUT2D eigenvalue weighted by Crippen LogP contribution is 2.29. The van der Waals surface area contributed by atoms with Gasteiger partial charge in [0.1, 0.15) is 0 Å². The van der Waals surface area contributed by atoms with Gasteiger partial charge in [-0.25, -0.2) is 0 Å². The quantitative estimate of drug-likeness (QED) is 0.685. The fraction of sp³-hybridized carbons (Fsp3) is 0.750. The van der Waals surface area contributed by atoms with Crippen molar-refractivity contribution >= 4 is 11.3 Å². The van der Waals surface area contributed by atoms with Gasteiger partial charge < -0.3 is 10.1 Å². The van der Waals surface area contributed by atoms with Crippen LogP contribution in [0.25, 0.3) is 0 Å². The van der Waals surface area contributed by atoms with E-state index in [-0.39, 0.29) is 0 Å². The molecule has 0 unspecified atom stereocenters. The van der Waals surface area contributed by atoms with Gasteiger partial charge in [-0.3, -0.25) is 0 Å². The molecular weight excluding hydrogens is 254 g/mol. The lowest BCUT2D eigenvalue weighted by atomic mass is 9.83. The topological polar surface area (TPSA) is 21.3 Å². The Morgan fingerprint density at radius 3 is 2.79 bits per heavy atom. The summed E-state index contributed by atoms with van der Waals surface area (Å²) in [6, 6.07) is 4.43. The molecule has 0 amide bonds. The average Bonchev–Trinajstić information content (AvgIpc) is 2.74. The van der Waals surface area contributed by atoms with Crippen molar-refractivity contribution in [1.82, 2.24) is 5.32 Å². The minimum absolute atomic E-state index is 0.717. The van der Waals surface area contributed by atoms with E-state index in [0.717, 1.165) is 32.2 Å². The van der Waals surface area contributed by atoms with Crippen molar-refractivity contribution in [2.45, 2.75) is 52.7 Å². The van der Waals surface area contributed by atoms with E-state index in [1.807, 2.05) is 11.3 Å². The molecule has 2 nitrogen and oxygen atoms in total. The molecule has 1 aliphatic carbocycles. The molecule has 3 heteroatoms. The summed E-state index contributed by atoms with van der Waals surface area (Å²) in [5, 5.41) is 3.48. The van der Waals surface area contributed by atoms with Crippen LogP contribution in [0.15, 0.2) is 12.1 Å². The Bertz CT molecular complexity index is 357. The average molecular weight is 281 g/mol. The highest BCUT2D eigenvalue weighted by atomic mass is 32.1. The normalized spacial score (nSPS) is 15.9. The Kier molecular flexibility index (Phi) is 6.35. The Morgan fingerprint density at radius 1 is 1.32 bits per heavy atom. The molecule has 0 spiro atoms. The Hall–Kier alpha value is -0.380. The Morgan fingerprint density at radius 2 is 2.11 bits per heavy atom. The molecule has 1 aromatic rings. The summed E-state index contributed by atoms with van der Waals surface area (Å²) in [5.41, 5.74) is 0. The van der Waals surface area contributed by atoms with E-state index in [2.05, 4.69) is 31.3 Å². The maximum atomic E-state index is 5.77. The summed E-state index contributed by atoms with van der Waals surface area (Å²) in [6.45, 7) is 8.28. The molecule has 1 saturated carbocycles. The predicted molar refractivity (Wildman–Crippen MR) is 82.5 cm³/mol. The van der Waals surface area contributed by atoms with Crippen LogP contribution in [0.2, 0.25) is 0 Å². The molecule has 0 bridgehead atoms. The molecular formula is C16H27NOS. The van der Waals surface area contributed by atoms with Gasteiger partial charge in [-0.2, -0.15) is 0 Å². The van der Waals surface area contributed by atoms with Gasteiger partial charge in [0.15, 0.2) is 0 Å². The first-order valence-corrected chi connectivity index (χ1v) is 8.41. The Labute approximate surface area is 121 Å². The highest BCUT2D eigenvalue weighted by molar-refractivity contribution is 7.11. The fourth-order valence-electron chi connectivity index (χ4n) is 2.28. The summed E-state index contributed by atoms with van der Waals surface area (Å²) in [5.74, 6) is 1.67. The molecule has 1 fully saturated rings. The standard InChI is InChI=1S/C16H27NOS/c1-13(2)10-17-11-15-6-7-16(19-15)12-18-9-8-14-4-3-5-14/h6-7,13-14,17H,3-5,8-12H2,1-2H3. The molecule has 108 valence electrons. The van der Waals surface area contributed by atoms with Crippen LogP contribution in [0.4, 0.5) is 0 Å². The van der Waals surface area contributed by atoms with Crippen LogP contribution in [0.1, 0.15) is 49.3 Å². The second-order valence-corrected chi connectivity index (χ2v) is 7.28. The fourth-order valence-corrected chi connectivity index (χ4v) is 3.21. The van der Waals surface area contributed by atoms with Crippen molar-refractivity contribution in [3.63, 3.8) is 0 Å². The van der Waals surface area contributed by atoms with E-state index in [1.54, 1.807) is 0 Å². The van der Waals surface area contributed by atoms with Crippen molar-refractivity contribution in [1.29, 1.82) is 0 Å². The van der Waals surface area contributed by atoms with E-state index in [9.17, 15) is 0 Å². The highest BCUT2D eigenvalue weighted by Gasteiger charge is 2.16. The van der Waals surface area contributed by atoms with Gasteiger partial charge in [0.2, 0.25) is 0 Å². The summed E-state index contributed by atoms with van der Waals surface area (Å²) < 4.78 is 5.77. The number of thiophene rings is 1. The van der Waals surface area contributed by atoms with Crippen LogP contribution in [0, 0.1) is 11.8 Å². The maximum Gasteiger partial charge on any atom is 0.0809 e. The number of hydrogen-bond acceptors (Lipinski definition) is 3. The predicted octanol–water partition coefficient (Wildman–Crippen LogP) is 4.20. The van der Waals surface area contributed by atoms with Crippen LogP contribution >= 0.6 is 11.3 Å². The number of rotatable bonds is 9. The number of ether oxygens (including phenoxy) is 1. The minimum atomic E-state index is 0.717. The number of nitrogens with one attached hydrogen (secondary N) is 1. The summed E-state index contributed by atoms with van der Waals surface area (Å²) in [6.07, 6.45) is 5.54. The molecule has 1 heterocycles. The molecule has 0 radical (unpaired) electrons. The molecule has 19 heavy (non-hydrogen) atoms. The Balaban J connectivity index is 1.57. The van der Waals surface area contributed by atoms with Crippen molar-refractivity contribution in [3.05, 3.63) is 21.9 Å². The van der Waals surface area contributed by atoms with Crippen molar-refractivity contribution < 1.29 is 4.74 Å². The van der Waals surface area contributed by atoms with Crippen molar-refractivity contribution in [2.24, 2.45) is 11.8 Å². The monoisotopic (exact) mass is 281 g/mol. The van der Waals surface area contributed by atoms with E-state index in [0.29, 0.717) is 5.92 Å². The molecule has 0 saturated heterocycles. The van der Waals surface area contributed by atoms with E-state index in [1.165, 1.54) is 35.4 Å². The smallest absolute Gasteiger partial charge is 0.0809 e.